The van der Waals surface area contributed by atoms with Gasteiger partial charge in [0.2, 0.25) is 53.2 Å². The van der Waals surface area contributed by atoms with Crippen molar-refractivity contribution in [2.45, 2.75) is 219 Å². The molecule has 1 aromatic rings. The summed E-state index contributed by atoms with van der Waals surface area (Å²) in [6.07, 6.45) is 3.78. The van der Waals surface area contributed by atoms with Gasteiger partial charge in [0, 0.05) is 13.0 Å². The van der Waals surface area contributed by atoms with Gasteiger partial charge < -0.3 is 97.6 Å². The molecule has 0 unspecified atom stereocenters. The second-order valence-corrected chi connectivity index (χ2v) is 23.7. The number of nitrogens with two attached hydrogens (primary N) is 6. The van der Waals surface area contributed by atoms with E-state index in [1.165, 1.54) is 12.1 Å². The maximum atomic E-state index is 14.7. The van der Waals surface area contributed by atoms with Crippen LogP contribution in [-0.4, -0.2) is 174 Å². The van der Waals surface area contributed by atoms with E-state index in [9.17, 15) is 63.3 Å². The second kappa shape index (κ2) is 43.5. The minimum Gasteiger partial charge on any atom is -0.508 e. The molecule has 12 atom stereocenters. The first-order valence-corrected chi connectivity index (χ1v) is 31.3. The Morgan fingerprint density at radius 3 is 1.22 bits per heavy atom. The molecule has 0 bridgehead atoms. The number of phenolic OH excluding ortho intramolecular Hbond substituents is 1. The number of unbranched alkanes of at least 4 members (excludes halogenated alkanes) is 3. The van der Waals surface area contributed by atoms with Gasteiger partial charge in [0.15, 0.2) is 5.96 Å². The monoisotopic (exact) mass is 1260 g/mol. The van der Waals surface area contributed by atoms with E-state index in [0.29, 0.717) is 63.4 Å². The highest BCUT2D eigenvalue weighted by atomic mass is 16.4. The lowest BCUT2D eigenvalue weighted by Gasteiger charge is -2.30. The van der Waals surface area contributed by atoms with Gasteiger partial charge in [-0.15, -0.1) is 0 Å². The molecule has 0 saturated carbocycles. The predicted molar refractivity (Wildman–Crippen MR) is 338 cm³/mol. The Morgan fingerprint density at radius 1 is 0.461 bits per heavy atom. The standard InChI is InChI=1S/C60H108N16O13/c1-9-36(7)48(75-50(79)40(64)18-17-29-67-60(65)66)57(86)72-44(30-34(3)4)54(83)71-45(32-38-22-24-39(78)25-23-38)55(84)70-42(20-12-15-27-62)52(81)68-41(19-11-14-26-61)51(80)69-43(21-13-16-28-63)53(82)76-49(37(8)10-2)58(87)74-47(33-77)56(85)73-46(59(88)89)31-35(5)6/h22-25,34-37,40-49,77-78H,9-21,26-33,61-64H2,1-8H3,(H,68,81)(H,69,80)(H,70,84)(H,71,83)(H,72,86)(H,73,85)(H,74,87)(H,75,79)(H,76,82)(H,88,89)(H4,65,66,67)/t36-,37-,40-,41-,42-,43-,44-,45-,46-,47-,48-,49-/m0/s1. The van der Waals surface area contributed by atoms with Gasteiger partial charge in [-0.3, -0.25) is 48.1 Å². The first-order valence-electron chi connectivity index (χ1n) is 31.3. The van der Waals surface area contributed by atoms with Gasteiger partial charge in [0.25, 0.3) is 0 Å². The molecule has 0 aliphatic rings. The minimum absolute atomic E-state index is 0.0144. The molecule has 9 amide bonds. The number of aliphatic hydroxyl groups is 1. The molecule has 0 fully saturated rings. The number of nitrogens with zero attached hydrogens (tertiary/aromatic N) is 1. The molecule has 0 saturated heterocycles. The van der Waals surface area contributed by atoms with Crippen molar-refractivity contribution in [1.82, 2.24) is 47.9 Å². The highest BCUT2D eigenvalue weighted by molar-refractivity contribution is 5.98. The number of phenols is 1. The highest BCUT2D eigenvalue weighted by Crippen LogP contribution is 2.17. The van der Waals surface area contributed by atoms with E-state index in [2.05, 4.69) is 52.8 Å². The van der Waals surface area contributed by atoms with Crippen LogP contribution in [0, 0.1) is 23.7 Å². The molecule has 0 spiro atoms. The van der Waals surface area contributed by atoms with Gasteiger partial charge >= 0.3 is 5.97 Å². The van der Waals surface area contributed by atoms with Crippen LogP contribution in [0.4, 0.5) is 0 Å². The number of carbonyl (C=O) groups excluding carboxylic acids is 9. The molecule has 1 aromatic carbocycles. The van der Waals surface area contributed by atoms with E-state index in [4.69, 9.17) is 34.4 Å². The number of aromatic hydroxyl groups is 1. The molecule has 24 N–H and O–H groups in total. The van der Waals surface area contributed by atoms with E-state index in [-0.39, 0.29) is 94.7 Å². The normalized spacial score (nSPS) is 15.4. The van der Waals surface area contributed by atoms with Crippen LogP contribution in [0.5, 0.6) is 5.75 Å². The fraction of sp³-hybridized carbons (Fsp3) is 0.717. The van der Waals surface area contributed by atoms with Crippen LogP contribution in [0.1, 0.15) is 157 Å². The lowest BCUT2D eigenvalue weighted by atomic mass is 9.96. The van der Waals surface area contributed by atoms with E-state index < -0.39 is 138 Å². The van der Waals surface area contributed by atoms with Crippen molar-refractivity contribution in [2.24, 2.45) is 63.1 Å². The maximum absolute atomic E-state index is 14.7. The molecule has 0 aliphatic heterocycles. The third-order valence-corrected chi connectivity index (χ3v) is 15.1. The number of rotatable bonds is 46. The fourth-order valence-electron chi connectivity index (χ4n) is 9.40. The third-order valence-electron chi connectivity index (χ3n) is 15.1. The number of carboxylic acids is 1. The first kappa shape index (κ1) is 79.8. The summed E-state index contributed by atoms with van der Waals surface area (Å²) in [6, 6.07) is -7.07. The van der Waals surface area contributed by atoms with Crippen LogP contribution in [-0.2, 0) is 54.4 Å². The number of aliphatic imine (C=N–C) groups is 1. The van der Waals surface area contributed by atoms with Crippen LogP contribution < -0.4 is 82.3 Å². The summed E-state index contributed by atoms with van der Waals surface area (Å²) in [6.45, 7) is 14.3. The number of amides is 9. The largest absolute Gasteiger partial charge is 0.508 e. The maximum Gasteiger partial charge on any atom is 0.326 e. The first-order chi connectivity index (χ1) is 42.1. The number of benzene rings is 1. The summed E-state index contributed by atoms with van der Waals surface area (Å²) in [5.41, 5.74) is 35.0. The predicted octanol–water partition coefficient (Wildman–Crippen LogP) is -1.67. The highest BCUT2D eigenvalue weighted by Gasteiger charge is 2.37. The SMILES string of the molecule is CC[C@H](C)[C@H](NC(=O)[C@H](CCCCN)NC(=O)[C@H](CCCCN)NC(=O)[C@H](CCCCN)NC(=O)[C@H](Cc1ccc(O)cc1)NC(=O)[C@H](CC(C)C)NC(=O)[C@@H](NC(=O)[C@@H](N)CCCN=C(N)N)[C@@H](C)CC)C(=O)N[C@@H](CO)C(=O)N[C@@H](CC(C)C)C(=O)O. The molecule has 29 nitrogen and oxygen atoms in total. The summed E-state index contributed by atoms with van der Waals surface area (Å²) in [4.78, 5) is 143. The van der Waals surface area contributed by atoms with Crippen molar-refractivity contribution in [3.05, 3.63) is 29.8 Å². The van der Waals surface area contributed by atoms with Crippen LogP contribution >= 0.6 is 0 Å². The number of aliphatic carboxylic acids is 1. The molecule has 0 radical (unpaired) electrons. The second-order valence-electron chi connectivity index (χ2n) is 23.7. The summed E-state index contributed by atoms with van der Waals surface area (Å²) in [5.74, 6) is -9.83. The van der Waals surface area contributed by atoms with Gasteiger partial charge in [-0.05, 0) is 144 Å². The zero-order valence-electron chi connectivity index (χ0n) is 53.6. The van der Waals surface area contributed by atoms with Crippen LogP contribution in [0.15, 0.2) is 29.3 Å². The van der Waals surface area contributed by atoms with Gasteiger partial charge in [-0.25, -0.2) is 4.79 Å². The van der Waals surface area contributed by atoms with Gasteiger partial charge in [-0.1, -0.05) is 80.4 Å². The molecular weight excluding hydrogens is 1150 g/mol. The fourth-order valence-corrected chi connectivity index (χ4v) is 9.40. The van der Waals surface area contributed by atoms with Crippen LogP contribution in [0.25, 0.3) is 0 Å². The van der Waals surface area contributed by atoms with Crippen molar-refractivity contribution in [2.75, 3.05) is 32.8 Å². The van der Waals surface area contributed by atoms with E-state index in [1.807, 2.05) is 20.8 Å². The van der Waals surface area contributed by atoms with Gasteiger partial charge in [-0.2, -0.15) is 0 Å². The number of carbonyl (C=O) groups is 10. The number of aliphatic hydroxyl groups excluding tert-OH is 1. The number of nitrogens with one attached hydrogen (secondary N) is 9. The lowest BCUT2D eigenvalue weighted by Crippen LogP contribution is -2.61. The van der Waals surface area contributed by atoms with Crippen LogP contribution in [0.3, 0.4) is 0 Å². The molecule has 0 aromatic heterocycles. The van der Waals surface area contributed by atoms with E-state index in [1.54, 1.807) is 46.8 Å². The molecule has 1 rings (SSSR count). The smallest absolute Gasteiger partial charge is 0.326 e. The van der Waals surface area contributed by atoms with Crippen molar-refractivity contribution in [3.63, 3.8) is 0 Å². The Morgan fingerprint density at radius 2 is 0.820 bits per heavy atom. The van der Waals surface area contributed by atoms with Crippen molar-refractivity contribution < 1.29 is 63.3 Å². The Kier molecular flexibility index (Phi) is 39.0. The summed E-state index contributed by atoms with van der Waals surface area (Å²) < 4.78 is 0. The molecular formula is C60H108N16O13. The Labute approximate surface area is 524 Å². The zero-order valence-corrected chi connectivity index (χ0v) is 53.6. The summed E-state index contributed by atoms with van der Waals surface area (Å²) >= 11 is 0. The molecule has 29 heteroatoms. The topological polar surface area (TPSA) is 508 Å². The number of guanidine groups is 1. The summed E-state index contributed by atoms with van der Waals surface area (Å²) in [5, 5.41) is 54.0. The number of hydrogen-bond acceptors (Lipinski definition) is 17. The Hall–Kier alpha value is -7.21. The average molecular weight is 1260 g/mol. The minimum atomic E-state index is -1.59. The third kappa shape index (κ3) is 31.2. The van der Waals surface area contributed by atoms with Crippen molar-refractivity contribution in [3.8, 4) is 5.75 Å². The molecule has 506 valence electrons. The molecule has 89 heavy (non-hydrogen) atoms. The molecule has 0 heterocycles. The Balaban J connectivity index is 3.70. The molecule has 0 aliphatic carbocycles. The lowest BCUT2D eigenvalue weighted by molar-refractivity contribution is -0.143. The van der Waals surface area contributed by atoms with Gasteiger partial charge in [0.1, 0.15) is 60.1 Å². The van der Waals surface area contributed by atoms with Crippen molar-refractivity contribution in [1.29, 1.82) is 0 Å². The van der Waals surface area contributed by atoms with E-state index in [0.717, 1.165) is 0 Å². The number of carboxylic acid groups (broad SMARTS) is 1. The average Bonchev–Trinajstić information content (AvgIpc) is 3.66. The van der Waals surface area contributed by atoms with Gasteiger partial charge in [0.05, 0.1) is 12.6 Å². The quantitative estimate of drug-likeness (QED) is 0.0197. The van der Waals surface area contributed by atoms with E-state index >= 15 is 0 Å². The zero-order chi connectivity index (χ0) is 67.3. The van der Waals surface area contributed by atoms with Crippen LogP contribution in [0.2, 0.25) is 0 Å². The summed E-state index contributed by atoms with van der Waals surface area (Å²) in [7, 11) is 0. The Bertz CT molecular complexity index is 2400. The van der Waals surface area contributed by atoms with Crippen molar-refractivity contribution >= 4 is 65.1 Å². The number of hydrogen-bond donors (Lipinski definition) is 18.